The van der Waals surface area contributed by atoms with Crippen molar-refractivity contribution in [3.8, 4) is 0 Å². The van der Waals surface area contributed by atoms with Gasteiger partial charge in [0.1, 0.15) is 0 Å². The third-order valence-electron chi connectivity index (χ3n) is 2.84. The highest BCUT2D eigenvalue weighted by molar-refractivity contribution is 5.17. The number of aromatic nitrogens is 4. The molecule has 3 aromatic heterocycles. The Labute approximate surface area is 111 Å². The van der Waals surface area contributed by atoms with Crippen molar-refractivity contribution in [1.82, 2.24) is 19.7 Å². The Kier molecular flexibility index (Phi) is 3.32. The summed E-state index contributed by atoms with van der Waals surface area (Å²) in [5, 5.41) is 4.19. The van der Waals surface area contributed by atoms with Crippen molar-refractivity contribution in [1.29, 1.82) is 0 Å². The molecular formula is C15H14N4. The largest absolute Gasteiger partial charge is 0.267 e. The molecule has 0 aromatic carbocycles. The lowest BCUT2D eigenvalue weighted by atomic mass is 10.2. The van der Waals surface area contributed by atoms with Gasteiger partial charge in [-0.2, -0.15) is 5.10 Å². The van der Waals surface area contributed by atoms with Gasteiger partial charge in [0.2, 0.25) is 0 Å². The third-order valence-corrected chi connectivity index (χ3v) is 2.84. The van der Waals surface area contributed by atoms with Crippen LogP contribution >= 0.6 is 0 Å². The zero-order chi connectivity index (χ0) is 12.9. The first kappa shape index (κ1) is 11.6. The highest BCUT2D eigenvalue weighted by Gasteiger charge is 2.01. The van der Waals surface area contributed by atoms with Crippen molar-refractivity contribution in [2.45, 2.75) is 13.0 Å². The van der Waals surface area contributed by atoms with Gasteiger partial charge in [0, 0.05) is 36.4 Å². The number of pyridine rings is 2. The molecule has 0 aliphatic rings. The van der Waals surface area contributed by atoms with E-state index in [9.17, 15) is 0 Å². The minimum Gasteiger partial charge on any atom is -0.267 e. The molecule has 3 aromatic rings. The lowest BCUT2D eigenvalue weighted by Gasteiger charge is -2.04. The summed E-state index contributed by atoms with van der Waals surface area (Å²) in [6.45, 7) is 0.697. The molecule has 4 nitrogen and oxygen atoms in total. The minimum atomic E-state index is 0.697. The fraction of sp³-hybridized carbons (Fsp3) is 0.133. The second kappa shape index (κ2) is 5.44. The van der Waals surface area contributed by atoms with Crippen LogP contribution in [0.15, 0.2) is 61.1 Å². The summed E-state index contributed by atoms with van der Waals surface area (Å²) in [5.74, 6) is 0. The monoisotopic (exact) mass is 250 g/mol. The van der Waals surface area contributed by atoms with Gasteiger partial charge in [0.25, 0.3) is 0 Å². The molecule has 0 spiro atoms. The van der Waals surface area contributed by atoms with Gasteiger partial charge in [-0.3, -0.25) is 14.6 Å². The Morgan fingerprint density at radius 3 is 2.53 bits per heavy atom. The summed E-state index contributed by atoms with van der Waals surface area (Å²) in [6, 6.07) is 13.9. The maximum absolute atomic E-state index is 4.64. The lowest BCUT2D eigenvalue weighted by molar-refractivity contribution is 0.670. The molecule has 0 radical (unpaired) electrons. The van der Waals surface area contributed by atoms with Crippen LogP contribution in [0.1, 0.15) is 17.1 Å². The summed E-state index contributed by atoms with van der Waals surface area (Å²) in [4.78, 5) is 8.96. The van der Waals surface area contributed by atoms with Crippen molar-refractivity contribution >= 4 is 0 Å². The number of nitrogens with zero attached hydrogens (tertiary/aromatic N) is 4. The van der Waals surface area contributed by atoms with Gasteiger partial charge in [-0.05, 0) is 30.3 Å². The van der Waals surface area contributed by atoms with Crippen molar-refractivity contribution in [2.24, 2.45) is 0 Å². The zero-order valence-corrected chi connectivity index (χ0v) is 10.5. The first-order chi connectivity index (χ1) is 9.40. The van der Waals surface area contributed by atoms with Crippen molar-refractivity contribution in [3.63, 3.8) is 0 Å². The summed E-state index contributed by atoms with van der Waals surface area (Å²) in [6.07, 6.45) is 6.28. The Morgan fingerprint density at radius 2 is 1.74 bits per heavy atom. The first-order valence-corrected chi connectivity index (χ1v) is 6.22. The molecule has 3 heterocycles. The highest BCUT2D eigenvalue weighted by atomic mass is 15.3. The second-order valence-electron chi connectivity index (χ2n) is 4.32. The van der Waals surface area contributed by atoms with Crippen molar-refractivity contribution in [2.75, 3.05) is 0 Å². The molecule has 19 heavy (non-hydrogen) atoms. The molecule has 4 heteroatoms. The van der Waals surface area contributed by atoms with Gasteiger partial charge in [-0.1, -0.05) is 12.1 Å². The van der Waals surface area contributed by atoms with Crippen molar-refractivity contribution < 1.29 is 0 Å². The van der Waals surface area contributed by atoms with E-state index < -0.39 is 0 Å². The van der Waals surface area contributed by atoms with Gasteiger partial charge in [-0.15, -0.1) is 0 Å². The highest BCUT2D eigenvalue weighted by Crippen LogP contribution is 2.06. The molecule has 3 rings (SSSR count). The van der Waals surface area contributed by atoms with Gasteiger partial charge in [-0.25, -0.2) is 0 Å². The molecule has 0 aliphatic carbocycles. The molecule has 0 aliphatic heterocycles. The quantitative estimate of drug-likeness (QED) is 0.713. The molecule has 0 saturated carbocycles. The van der Waals surface area contributed by atoms with Gasteiger partial charge in [0.05, 0.1) is 12.2 Å². The van der Waals surface area contributed by atoms with E-state index in [-0.39, 0.29) is 0 Å². The van der Waals surface area contributed by atoms with E-state index in [1.54, 1.807) is 6.20 Å². The van der Waals surface area contributed by atoms with Gasteiger partial charge < -0.3 is 0 Å². The average molecular weight is 250 g/mol. The van der Waals surface area contributed by atoms with Gasteiger partial charge >= 0.3 is 0 Å². The molecule has 0 atom stereocenters. The Bertz CT molecular complexity index is 632. The van der Waals surface area contributed by atoms with Crippen LogP contribution in [0.2, 0.25) is 0 Å². The molecule has 0 N–H and O–H groups in total. The van der Waals surface area contributed by atoms with Crippen LogP contribution in [0.4, 0.5) is 0 Å². The predicted molar refractivity (Wildman–Crippen MR) is 72.6 cm³/mol. The maximum Gasteiger partial charge on any atom is 0.0831 e. The van der Waals surface area contributed by atoms with Crippen LogP contribution in [0.5, 0.6) is 0 Å². The Morgan fingerprint density at radius 1 is 0.842 bits per heavy atom. The summed E-state index contributed by atoms with van der Waals surface area (Å²) < 4.78 is 1.87. The standard InChI is InChI=1S/C15H14N4/c1-2-8-16-13(5-1)11-14-6-3-7-15(18-14)12-19-10-4-9-17-19/h1-10H,11-12H2. The van der Waals surface area contributed by atoms with E-state index in [1.807, 2.05) is 59.5 Å². The normalized spacial score (nSPS) is 10.5. The number of hydrogen-bond donors (Lipinski definition) is 0. The van der Waals surface area contributed by atoms with Crippen LogP contribution in [0.25, 0.3) is 0 Å². The van der Waals surface area contributed by atoms with Crippen molar-refractivity contribution in [3.05, 3.63) is 78.1 Å². The van der Waals surface area contributed by atoms with Crippen LogP contribution < -0.4 is 0 Å². The smallest absolute Gasteiger partial charge is 0.0831 e. The van der Waals surface area contributed by atoms with E-state index in [4.69, 9.17) is 0 Å². The fourth-order valence-electron chi connectivity index (χ4n) is 1.96. The maximum atomic E-state index is 4.64. The van der Waals surface area contributed by atoms with E-state index in [1.165, 1.54) is 0 Å². The van der Waals surface area contributed by atoms with Crippen LogP contribution in [0.3, 0.4) is 0 Å². The van der Waals surface area contributed by atoms with Crippen LogP contribution in [-0.4, -0.2) is 19.7 Å². The fourth-order valence-corrected chi connectivity index (χ4v) is 1.96. The molecular weight excluding hydrogens is 236 g/mol. The van der Waals surface area contributed by atoms with E-state index in [0.717, 1.165) is 23.5 Å². The van der Waals surface area contributed by atoms with E-state index in [0.29, 0.717) is 6.54 Å². The second-order valence-corrected chi connectivity index (χ2v) is 4.32. The van der Waals surface area contributed by atoms with Gasteiger partial charge in [0.15, 0.2) is 0 Å². The minimum absolute atomic E-state index is 0.697. The topological polar surface area (TPSA) is 43.6 Å². The third kappa shape index (κ3) is 3.04. The molecule has 0 saturated heterocycles. The lowest BCUT2D eigenvalue weighted by Crippen LogP contribution is -2.04. The van der Waals surface area contributed by atoms with E-state index >= 15 is 0 Å². The van der Waals surface area contributed by atoms with E-state index in [2.05, 4.69) is 15.1 Å². The predicted octanol–water partition coefficient (Wildman–Crippen LogP) is 2.31. The first-order valence-electron chi connectivity index (χ1n) is 6.22. The molecule has 0 amide bonds. The molecule has 0 unspecified atom stereocenters. The Hall–Kier alpha value is -2.49. The molecule has 94 valence electrons. The summed E-state index contributed by atoms with van der Waals surface area (Å²) >= 11 is 0. The SMILES string of the molecule is c1ccc(Cc2cccc(Cn3cccn3)n2)nc1. The van der Waals surface area contributed by atoms with Crippen LogP contribution in [-0.2, 0) is 13.0 Å². The zero-order valence-electron chi connectivity index (χ0n) is 10.5. The molecule has 0 fully saturated rings. The number of rotatable bonds is 4. The summed E-state index contributed by atoms with van der Waals surface area (Å²) in [5.41, 5.74) is 3.08. The van der Waals surface area contributed by atoms with Crippen LogP contribution in [0, 0.1) is 0 Å². The number of hydrogen-bond acceptors (Lipinski definition) is 3. The Balaban J connectivity index is 1.76. The average Bonchev–Trinajstić information content (AvgIpc) is 2.93. The summed E-state index contributed by atoms with van der Waals surface area (Å²) in [7, 11) is 0. The molecule has 0 bridgehead atoms.